The lowest BCUT2D eigenvalue weighted by Gasteiger charge is -2.33. The topological polar surface area (TPSA) is 96.7 Å². The second kappa shape index (κ2) is 7.30. The number of aryl methyl sites for hydroxylation is 1. The van der Waals surface area contributed by atoms with Crippen molar-refractivity contribution >= 4 is 28.2 Å². The van der Waals surface area contributed by atoms with Crippen molar-refractivity contribution in [1.82, 2.24) is 9.80 Å². The summed E-state index contributed by atoms with van der Waals surface area (Å²) in [5.74, 6) is -1.24. The molecule has 0 bridgehead atoms. The van der Waals surface area contributed by atoms with Gasteiger partial charge in [0.15, 0.2) is 0 Å². The van der Waals surface area contributed by atoms with Crippen LogP contribution in [0.2, 0.25) is 0 Å². The van der Waals surface area contributed by atoms with Gasteiger partial charge in [-0.3, -0.25) is 14.5 Å². The van der Waals surface area contributed by atoms with Gasteiger partial charge in [0.1, 0.15) is 11.1 Å². The Hall–Kier alpha value is -1.95. The quantitative estimate of drug-likeness (QED) is 0.760. The SMILES string of the molecule is N#Cc1c(NC(=O)C(=O)N2CCN(CCO)CC2)sc2c1CCC2. The van der Waals surface area contributed by atoms with Crippen LogP contribution < -0.4 is 5.32 Å². The fourth-order valence-corrected chi connectivity index (χ4v) is 4.46. The summed E-state index contributed by atoms with van der Waals surface area (Å²) in [5.41, 5.74) is 1.55. The largest absolute Gasteiger partial charge is 0.395 e. The maximum absolute atomic E-state index is 12.3. The average Bonchev–Trinajstić information content (AvgIpc) is 3.15. The van der Waals surface area contributed by atoms with E-state index in [4.69, 9.17) is 5.11 Å². The molecule has 3 rings (SSSR count). The second-order valence-corrected chi connectivity index (χ2v) is 7.09. The molecule has 1 saturated heterocycles. The molecule has 1 aliphatic heterocycles. The Morgan fingerprint density at radius 2 is 2.00 bits per heavy atom. The maximum atomic E-state index is 12.3. The Labute approximate surface area is 144 Å². The zero-order valence-corrected chi connectivity index (χ0v) is 14.2. The Morgan fingerprint density at radius 1 is 1.25 bits per heavy atom. The van der Waals surface area contributed by atoms with Crippen LogP contribution in [0.1, 0.15) is 22.4 Å². The molecule has 0 spiro atoms. The molecule has 0 aromatic carbocycles. The molecule has 24 heavy (non-hydrogen) atoms. The van der Waals surface area contributed by atoms with Crippen LogP contribution in [0.15, 0.2) is 0 Å². The summed E-state index contributed by atoms with van der Waals surface area (Å²) in [5, 5.41) is 21.4. The smallest absolute Gasteiger partial charge is 0.314 e. The molecule has 2 N–H and O–H groups in total. The van der Waals surface area contributed by atoms with Crippen molar-refractivity contribution < 1.29 is 14.7 Å². The summed E-state index contributed by atoms with van der Waals surface area (Å²) < 4.78 is 0. The van der Waals surface area contributed by atoms with Crippen LogP contribution in [0.4, 0.5) is 5.00 Å². The number of amides is 2. The molecule has 8 heteroatoms. The van der Waals surface area contributed by atoms with Crippen LogP contribution in [0, 0.1) is 11.3 Å². The molecule has 0 atom stereocenters. The van der Waals surface area contributed by atoms with Crippen molar-refractivity contribution in [1.29, 1.82) is 5.26 Å². The molecular weight excluding hydrogens is 328 g/mol. The number of carbonyl (C=O) groups excluding carboxylic acids is 2. The van der Waals surface area contributed by atoms with Crippen molar-refractivity contribution in [2.24, 2.45) is 0 Å². The van der Waals surface area contributed by atoms with Crippen LogP contribution in [0.5, 0.6) is 0 Å². The lowest BCUT2D eigenvalue weighted by atomic mass is 10.1. The van der Waals surface area contributed by atoms with Crippen LogP contribution in [-0.2, 0) is 22.4 Å². The summed E-state index contributed by atoms with van der Waals surface area (Å²) in [4.78, 5) is 29.3. The van der Waals surface area contributed by atoms with E-state index in [9.17, 15) is 14.9 Å². The Balaban J connectivity index is 1.62. The standard InChI is InChI=1S/C16H20N4O3S/c17-10-12-11-2-1-3-13(11)24-15(12)18-14(22)16(23)20-6-4-19(5-7-20)8-9-21/h21H,1-9H2,(H,18,22). The van der Waals surface area contributed by atoms with Gasteiger partial charge in [-0.2, -0.15) is 5.26 Å². The maximum Gasteiger partial charge on any atom is 0.314 e. The fraction of sp³-hybridized carbons (Fsp3) is 0.562. The van der Waals surface area contributed by atoms with Crippen LogP contribution in [-0.4, -0.2) is 66.1 Å². The fourth-order valence-electron chi connectivity index (χ4n) is 3.23. The Kier molecular flexibility index (Phi) is 5.14. The molecule has 1 aromatic rings. The molecule has 128 valence electrons. The number of anilines is 1. The minimum Gasteiger partial charge on any atom is -0.395 e. The minimum absolute atomic E-state index is 0.0917. The molecule has 7 nitrogen and oxygen atoms in total. The summed E-state index contributed by atoms with van der Waals surface area (Å²) in [7, 11) is 0. The third kappa shape index (κ3) is 3.29. The van der Waals surface area contributed by atoms with Gasteiger partial charge in [-0.25, -0.2) is 0 Å². The average molecular weight is 348 g/mol. The van der Waals surface area contributed by atoms with Crippen molar-refractivity contribution in [3.63, 3.8) is 0 Å². The summed E-state index contributed by atoms with van der Waals surface area (Å²) >= 11 is 1.41. The first-order valence-corrected chi connectivity index (χ1v) is 8.93. The van der Waals surface area contributed by atoms with Crippen molar-refractivity contribution in [3.05, 3.63) is 16.0 Å². The highest BCUT2D eigenvalue weighted by molar-refractivity contribution is 7.16. The number of carbonyl (C=O) groups is 2. The molecular formula is C16H20N4O3S. The highest BCUT2D eigenvalue weighted by Crippen LogP contribution is 2.38. The summed E-state index contributed by atoms with van der Waals surface area (Å²) in [6.07, 6.45) is 2.85. The number of piperazine rings is 1. The van der Waals surface area contributed by atoms with E-state index in [1.807, 2.05) is 0 Å². The Morgan fingerprint density at radius 3 is 2.67 bits per heavy atom. The molecule has 0 saturated carbocycles. The minimum atomic E-state index is -0.679. The molecule has 0 unspecified atom stereocenters. The number of thiophene rings is 1. The van der Waals surface area contributed by atoms with Crippen LogP contribution in [0.3, 0.4) is 0 Å². The van der Waals surface area contributed by atoms with E-state index in [0.29, 0.717) is 43.3 Å². The molecule has 2 heterocycles. The molecule has 1 fully saturated rings. The number of β-amino-alcohol motifs (C(OH)–C–C–N with tert-alkyl or cyclic N) is 1. The van der Waals surface area contributed by atoms with Crippen LogP contribution in [0.25, 0.3) is 0 Å². The summed E-state index contributed by atoms with van der Waals surface area (Å²) in [6, 6.07) is 2.16. The van der Waals surface area contributed by atoms with Gasteiger partial charge in [-0.15, -0.1) is 11.3 Å². The van der Waals surface area contributed by atoms with Crippen molar-refractivity contribution in [3.8, 4) is 6.07 Å². The van der Waals surface area contributed by atoms with E-state index in [0.717, 1.165) is 29.7 Å². The normalized spacial score (nSPS) is 17.4. The number of aliphatic hydroxyl groups is 1. The van der Waals surface area contributed by atoms with Gasteiger partial charge in [0, 0.05) is 37.6 Å². The first kappa shape index (κ1) is 16.9. The van der Waals surface area contributed by atoms with E-state index in [1.165, 1.54) is 16.2 Å². The van der Waals surface area contributed by atoms with Gasteiger partial charge in [0.25, 0.3) is 0 Å². The second-order valence-electron chi connectivity index (χ2n) is 5.98. The van der Waals surface area contributed by atoms with Gasteiger partial charge in [-0.05, 0) is 24.8 Å². The first-order valence-electron chi connectivity index (χ1n) is 8.12. The number of rotatable bonds is 3. The molecule has 2 aliphatic rings. The number of fused-ring (bicyclic) bond motifs is 1. The van der Waals surface area contributed by atoms with Crippen molar-refractivity contribution in [2.45, 2.75) is 19.3 Å². The van der Waals surface area contributed by atoms with E-state index in [-0.39, 0.29) is 6.61 Å². The summed E-state index contributed by atoms with van der Waals surface area (Å²) in [6.45, 7) is 2.91. The predicted molar refractivity (Wildman–Crippen MR) is 89.8 cm³/mol. The third-order valence-corrected chi connectivity index (χ3v) is 5.74. The molecule has 1 aliphatic carbocycles. The number of aliphatic hydroxyl groups excluding tert-OH is 1. The predicted octanol–water partition coefficient (Wildman–Crippen LogP) is 0.183. The number of nitrogens with zero attached hydrogens (tertiary/aromatic N) is 3. The molecule has 0 radical (unpaired) electrons. The number of nitrogens with one attached hydrogen (secondary N) is 1. The highest BCUT2D eigenvalue weighted by Gasteiger charge is 2.28. The first-order chi connectivity index (χ1) is 11.6. The van der Waals surface area contributed by atoms with Gasteiger partial charge >= 0.3 is 11.8 Å². The third-order valence-electron chi connectivity index (χ3n) is 4.53. The number of hydrogen-bond acceptors (Lipinski definition) is 6. The van der Waals surface area contributed by atoms with E-state index in [1.54, 1.807) is 0 Å². The van der Waals surface area contributed by atoms with Gasteiger partial charge in [-0.1, -0.05) is 0 Å². The number of nitriles is 1. The van der Waals surface area contributed by atoms with E-state index in [2.05, 4.69) is 16.3 Å². The lowest BCUT2D eigenvalue weighted by molar-refractivity contribution is -0.144. The highest BCUT2D eigenvalue weighted by atomic mass is 32.1. The van der Waals surface area contributed by atoms with Gasteiger partial charge < -0.3 is 15.3 Å². The van der Waals surface area contributed by atoms with Gasteiger partial charge in [0.2, 0.25) is 0 Å². The van der Waals surface area contributed by atoms with Crippen molar-refractivity contribution in [2.75, 3.05) is 44.6 Å². The zero-order valence-electron chi connectivity index (χ0n) is 13.4. The monoisotopic (exact) mass is 348 g/mol. The lowest BCUT2D eigenvalue weighted by Crippen LogP contribution is -2.52. The molecule has 1 aromatic heterocycles. The van der Waals surface area contributed by atoms with Gasteiger partial charge in [0.05, 0.1) is 12.2 Å². The van der Waals surface area contributed by atoms with E-state index < -0.39 is 11.8 Å². The molecule has 2 amide bonds. The number of hydrogen-bond donors (Lipinski definition) is 2. The van der Waals surface area contributed by atoms with E-state index >= 15 is 0 Å². The van der Waals surface area contributed by atoms with Crippen LogP contribution >= 0.6 is 11.3 Å². The zero-order chi connectivity index (χ0) is 17.1. The Bertz CT molecular complexity index is 686.